The highest BCUT2D eigenvalue weighted by Gasteiger charge is 2.38. The Morgan fingerprint density at radius 1 is 1.52 bits per heavy atom. The van der Waals surface area contributed by atoms with Crippen LogP contribution in [-0.2, 0) is 9.59 Å². The second-order valence-corrected chi connectivity index (χ2v) is 7.15. The van der Waals surface area contributed by atoms with Crippen molar-refractivity contribution in [3.63, 3.8) is 0 Å². The third-order valence-electron chi connectivity index (χ3n) is 3.14. The number of aliphatic carboxylic acids is 1. The Morgan fingerprint density at radius 3 is 2.74 bits per heavy atom. The highest BCUT2D eigenvalue weighted by Crippen LogP contribution is 2.38. The van der Waals surface area contributed by atoms with E-state index >= 15 is 0 Å². The minimum absolute atomic E-state index is 0.0447. The molecule has 1 amide bonds. The maximum Gasteiger partial charge on any atom is 0.326 e. The van der Waals surface area contributed by atoms with Gasteiger partial charge in [-0.3, -0.25) is 9.69 Å². The molecule has 2 rings (SSSR count). The van der Waals surface area contributed by atoms with Crippen LogP contribution in [0.4, 0.5) is 0 Å². The predicted octanol–water partition coefficient (Wildman–Crippen LogP) is 2.84. The third kappa shape index (κ3) is 3.51. The van der Waals surface area contributed by atoms with Crippen LogP contribution < -0.4 is 4.74 Å². The first-order valence-corrected chi connectivity index (χ1v) is 8.34. The molecule has 1 aliphatic heterocycles. The predicted molar refractivity (Wildman–Crippen MR) is 94.5 cm³/mol. The number of phenols is 1. The molecule has 23 heavy (non-hydrogen) atoms. The number of phenolic OH excluding ortho intramolecular Hbond substituents is 1. The second kappa shape index (κ2) is 6.90. The van der Waals surface area contributed by atoms with Crippen LogP contribution in [0.15, 0.2) is 21.5 Å². The van der Waals surface area contributed by atoms with Crippen molar-refractivity contribution in [2.45, 2.75) is 13.0 Å². The minimum atomic E-state index is -1.13. The summed E-state index contributed by atoms with van der Waals surface area (Å²) in [6.07, 6.45) is 1.57. The number of rotatable bonds is 4. The third-order valence-corrected chi connectivity index (χ3v) is 5.07. The van der Waals surface area contributed by atoms with Crippen molar-refractivity contribution in [1.29, 1.82) is 0 Å². The summed E-state index contributed by atoms with van der Waals surface area (Å²) in [6, 6.07) is 2.15. The molecule has 1 heterocycles. The number of carbonyl (C=O) groups is 2. The van der Waals surface area contributed by atoms with Crippen LogP contribution in [0, 0.1) is 0 Å². The largest absolute Gasteiger partial charge is 0.503 e. The Bertz CT molecular complexity index is 734. The van der Waals surface area contributed by atoms with E-state index in [0.29, 0.717) is 14.9 Å². The first-order chi connectivity index (χ1) is 10.8. The molecule has 6 nitrogen and oxygen atoms in total. The van der Waals surface area contributed by atoms with Crippen molar-refractivity contribution in [3.8, 4) is 11.5 Å². The fraction of sp³-hybridized carbons (Fsp3) is 0.214. The molecule has 1 saturated heterocycles. The fourth-order valence-corrected chi connectivity index (χ4v) is 3.79. The molecular formula is C14H12BrNO5S2. The number of thioether (sulfide) groups is 1. The van der Waals surface area contributed by atoms with Crippen LogP contribution in [-0.4, -0.2) is 44.5 Å². The van der Waals surface area contributed by atoms with Crippen LogP contribution in [0.3, 0.4) is 0 Å². The summed E-state index contributed by atoms with van der Waals surface area (Å²) in [4.78, 5) is 24.8. The maximum absolute atomic E-state index is 12.4. The highest BCUT2D eigenvalue weighted by molar-refractivity contribution is 9.10. The summed E-state index contributed by atoms with van der Waals surface area (Å²) in [6.45, 7) is 1.40. The van der Waals surface area contributed by atoms with Gasteiger partial charge in [0.15, 0.2) is 11.5 Å². The maximum atomic E-state index is 12.4. The number of carbonyl (C=O) groups excluding carboxylic acids is 1. The van der Waals surface area contributed by atoms with Crippen LogP contribution in [0.2, 0.25) is 0 Å². The summed E-state index contributed by atoms with van der Waals surface area (Å²) < 4.78 is 5.66. The first-order valence-electron chi connectivity index (χ1n) is 6.32. The van der Waals surface area contributed by atoms with Gasteiger partial charge in [-0.05, 0) is 46.6 Å². The number of halogens is 1. The van der Waals surface area contributed by atoms with Crippen LogP contribution in [0.1, 0.15) is 12.5 Å². The summed E-state index contributed by atoms with van der Waals surface area (Å²) >= 11 is 9.33. The number of carboxylic acids is 1. The molecule has 122 valence electrons. The van der Waals surface area contributed by atoms with E-state index in [0.717, 1.165) is 16.7 Å². The average molecular weight is 418 g/mol. The van der Waals surface area contributed by atoms with Crippen LogP contribution in [0.5, 0.6) is 11.5 Å². The lowest BCUT2D eigenvalue weighted by molar-refractivity contribution is -0.144. The molecule has 0 aromatic heterocycles. The topological polar surface area (TPSA) is 87.1 Å². The second-order valence-electron chi connectivity index (χ2n) is 4.62. The monoisotopic (exact) mass is 417 g/mol. The van der Waals surface area contributed by atoms with Crippen molar-refractivity contribution < 1.29 is 24.5 Å². The van der Waals surface area contributed by atoms with Gasteiger partial charge in [-0.15, -0.1) is 0 Å². The molecule has 1 fully saturated rings. The van der Waals surface area contributed by atoms with Crippen molar-refractivity contribution in [2.75, 3.05) is 7.11 Å². The van der Waals surface area contributed by atoms with E-state index < -0.39 is 17.9 Å². The smallest absolute Gasteiger partial charge is 0.326 e. The molecule has 0 spiro atoms. The summed E-state index contributed by atoms with van der Waals surface area (Å²) in [5.74, 6) is -1.38. The van der Waals surface area contributed by atoms with Crippen molar-refractivity contribution >= 4 is 62.2 Å². The number of ether oxygens (including phenoxy) is 1. The normalized spacial score (nSPS) is 17.7. The van der Waals surface area contributed by atoms with E-state index in [1.54, 1.807) is 18.2 Å². The lowest BCUT2D eigenvalue weighted by Gasteiger charge is -2.18. The van der Waals surface area contributed by atoms with Crippen molar-refractivity contribution in [3.05, 3.63) is 27.1 Å². The van der Waals surface area contributed by atoms with Gasteiger partial charge in [0.1, 0.15) is 10.4 Å². The Labute approximate surface area is 150 Å². The number of methoxy groups -OCH3 is 1. The van der Waals surface area contributed by atoms with Crippen molar-refractivity contribution in [2.24, 2.45) is 0 Å². The Hall–Kier alpha value is -1.58. The van der Waals surface area contributed by atoms with Gasteiger partial charge in [0.05, 0.1) is 16.5 Å². The van der Waals surface area contributed by atoms with Gasteiger partial charge in [-0.2, -0.15) is 0 Å². The molecule has 1 aromatic carbocycles. The quantitative estimate of drug-likeness (QED) is 0.575. The number of carboxylic acid groups (broad SMARTS) is 1. The van der Waals surface area contributed by atoms with Gasteiger partial charge in [0.2, 0.25) is 0 Å². The number of amides is 1. The number of aromatic hydroxyl groups is 1. The van der Waals surface area contributed by atoms with Gasteiger partial charge in [0.25, 0.3) is 5.91 Å². The zero-order valence-electron chi connectivity index (χ0n) is 12.1. The Morgan fingerprint density at radius 2 is 2.17 bits per heavy atom. The number of hydrogen-bond acceptors (Lipinski definition) is 6. The van der Waals surface area contributed by atoms with Gasteiger partial charge < -0.3 is 14.9 Å². The SMILES string of the molecule is COc1cc(C=C2SC(=S)N([C@@H](C)C(=O)O)C2=O)cc(Br)c1O. The molecule has 0 radical (unpaired) electrons. The summed E-state index contributed by atoms with van der Waals surface area (Å²) in [5, 5.41) is 18.9. The van der Waals surface area contributed by atoms with Gasteiger partial charge in [-0.1, -0.05) is 24.0 Å². The van der Waals surface area contributed by atoms with Crippen LogP contribution in [0.25, 0.3) is 6.08 Å². The molecular weight excluding hydrogens is 406 g/mol. The average Bonchev–Trinajstić information content (AvgIpc) is 2.76. The van der Waals surface area contributed by atoms with Gasteiger partial charge in [-0.25, -0.2) is 4.79 Å². The molecule has 1 aromatic rings. The standard InChI is InChI=1S/C14H12BrNO5S2/c1-6(13(19)20)16-12(18)10(23-14(16)22)5-7-3-8(15)11(17)9(4-7)21-2/h3-6,17H,1-2H3,(H,19,20)/t6-/m0/s1. The molecule has 2 N–H and O–H groups in total. The molecule has 1 atom stereocenters. The van der Waals surface area contributed by atoms with E-state index in [9.17, 15) is 14.7 Å². The zero-order chi connectivity index (χ0) is 17.3. The van der Waals surface area contributed by atoms with Gasteiger partial charge in [0, 0.05) is 0 Å². The molecule has 0 bridgehead atoms. The molecule has 0 unspecified atom stereocenters. The highest BCUT2D eigenvalue weighted by atomic mass is 79.9. The minimum Gasteiger partial charge on any atom is -0.503 e. The molecule has 0 saturated carbocycles. The van der Waals surface area contributed by atoms with E-state index in [4.69, 9.17) is 22.1 Å². The fourth-order valence-electron chi connectivity index (χ4n) is 1.91. The number of nitrogens with zero attached hydrogens (tertiary/aromatic N) is 1. The van der Waals surface area contributed by atoms with E-state index in [2.05, 4.69) is 15.9 Å². The number of thiocarbonyl (C=S) groups is 1. The van der Waals surface area contributed by atoms with E-state index in [1.165, 1.54) is 14.0 Å². The lowest BCUT2D eigenvalue weighted by atomic mass is 10.1. The lowest BCUT2D eigenvalue weighted by Crippen LogP contribution is -2.41. The van der Waals surface area contributed by atoms with Crippen LogP contribution >= 0.6 is 39.9 Å². The molecule has 1 aliphatic rings. The van der Waals surface area contributed by atoms with E-state index in [-0.39, 0.29) is 15.8 Å². The number of benzene rings is 1. The number of hydrogen-bond donors (Lipinski definition) is 2. The Kier molecular flexibility index (Phi) is 5.33. The Balaban J connectivity index is 2.38. The van der Waals surface area contributed by atoms with Crippen molar-refractivity contribution in [1.82, 2.24) is 4.90 Å². The van der Waals surface area contributed by atoms with E-state index in [1.807, 2.05) is 0 Å². The molecule has 9 heteroatoms. The first kappa shape index (κ1) is 17.8. The zero-order valence-corrected chi connectivity index (χ0v) is 15.3. The molecule has 0 aliphatic carbocycles. The summed E-state index contributed by atoms with van der Waals surface area (Å²) in [7, 11) is 1.42. The van der Waals surface area contributed by atoms with Gasteiger partial charge >= 0.3 is 5.97 Å². The summed E-state index contributed by atoms with van der Waals surface area (Å²) in [5.41, 5.74) is 0.606.